The topological polar surface area (TPSA) is 67.3 Å². The Balaban J connectivity index is 2.87. The average Bonchev–Trinajstić information content (AvgIpc) is 2.30. The Hall–Kier alpha value is -1.36. The van der Waals surface area contributed by atoms with Gasteiger partial charge in [-0.05, 0) is 19.8 Å². The summed E-state index contributed by atoms with van der Waals surface area (Å²) < 4.78 is 5.40. The first-order valence-electron chi connectivity index (χ1n) is 5.91. The molecule has 0 bridgehead atoms. The van der Waals surface area contributed by atoms with Crippen molar-refractivity contribution in [2.24, 2.45) is 5.92 Å². The molecule has 0 aliphatic rings. The molecule has 0 aliphatic carbocycles. The molecule has 0 spiro atoms. The summed E-state index contributed by atoms with van der Waals surface area (Å²) >= 11 is 0. The van der Waals surface area contributed by atoms with Crippen molar-refractivity contribution in [1.29, 1.82) is 0 Å². The Labute approximate surface area is 102 Å². The summed E-state index contributed by atoms with van der Waals surface area (Å²) in [6.45, 7) is 8.57. The molecular weight excluding hydrogens is 218 g/mol. The molecule has 5 nitrogen and oxygen atoms in total. The molecule has 0 fully saturated rings. The summed E-state index contributed by atoms with van der Waals surface area (Å²) in [7, 11) is 0. The van der Waals surface area contributed by atoms with Crippen LogP contribution in [0.15, 0.2) is 6.33 Å². The molecule has 1 aromatic heterocycles. The van der Waals surface area contributed by atoms with E-state index in [-0.39, 0.29) is 12.6 Å². The van der Waals surface area contributed by atoms with Crippen LogP contribution in [0, 0.1) is 12.8 Å². The summed E-state index contributed by atoms with van der Waals surface area (Å²) in [5.74, 6) is 1.63. The van der Waals surface area contributed by atoms with E-state index in [1.54, 1.807) is 0 Å². The van der Waals surface area contributed by atoms with Crippen LogP contribution in [-0.4, -0.2) is 34.3 Å². The molecule has 1 rings (SSSR count). The Kier molecular flexibility index (Phi) is 5.15. The third-order valence-corrected chi connectivity index (χ3v) is 2.64. The zero-order valence-corrected chi connectivity index (χ0v) is 10.9. The first-order chi connectivity index (χ1) is 8.10. The number of anilines is 1. The van der Waals surface area contributed by atoms with Gasteiger partial charge < -0.3 is 15.2 Å². The molecule has 0 saturated heterocycles. The molecule has 0 unspecified atom stereocenters. The molecule has 0 saturated carbocycles. The summed E-state index contributed by atoms with van der Waals surface area (Å²) in [4.78, 5) is 8.25. The fraction of sp³-hybridized carbons (Fsp3) is 0.667. The zero-order valence-electron chi connectivity index (χ0n) is 10.9. The minimum atomic E-state index is -0.0157. The van der Waals surface area contributed by atoms with Crippen molar-refractivity contribution >= 4 is 5.82 Å². The van der Waals surface area contributed by atoms with E-state index in [1.807, 2.05) is 27.7 Å². The molecule has 0 aliphatic heterocycles. The lowest BCUT2D eigenvalue weighted by atomic mass is 10.1. The third-order valence-electron chi connectivity index (χ3n) is 2.64. The second-order valence-corrected chi connectivity index (χ2v) is 4.26. The summed E-state index contributed by atoms with van der Waals surface area (Å²) in [6.07, 6.45) is 1.47. The highest BCUT2D eigenvalue weighted by atomic mass is 16.5. The van der Waals surface area contributed by atoms with Crippen molar-refractivity contribution in [2.75, 3.05) is 18.5 Å². The van der Waals surface area contributed by atoms with Crippen molar-refractivity contribution in [3.63, 3.8) is 0 Å². The van der Waals surface area contributed by atoms with E-state index in [2.05, 4.69) is 15.3 Å². The lowest BCUT2D eigenvalue weighted by Gasteiger charge is -2.21. The zero-order chi connectivity index (χ0) is 12.8. The Morgan fingerprint density at radius 2 is 2.12 bits per heavy atom. The van der Waals surface area contributed by atoms with Crippen LogP contribution in [0.3, 0.4) is 0 Å². The maximum absolute atomic E-state index is 9.28. The molecule has 5 heteroatoms. The summed E-state index contributed by atoms with van der Waals surface area (Å²) in [5.41, 5.74) is 0.869. The quantitative estimate of drug-likeness (QED) is 0.789. The maximum Gasteiger partial charge on any atom is 0.221 e. The Bertz CT molecular complexity index is 356. The molecule has 2 N–H and O–H groups in total. The molecule has 96 valence electrons. The van der Waals surface area contributed by atoms with E-state index in [4.69, 9.17) is 4.74 Å². The van der Waals surface area contributed by atoms with Crippen molar-refractivity contribution < 1.29 is 9.84 Å². The highest BCUT2D eigenvalue weighted by Gasteiger charge is 2.15. The smallest absolute Gasteiger partial charge is 0.221 e. The highest BCUT2D eigenvalue weighted by molar-refractivity contribution is 5.48. The van der Waals surface area contributed by atoms with Crippen molar-refractivity contribution in [1.82, 2.24) is 9.97 Å². The van der Waals surface area contributed by atoms with Crippen LogP contribution in [0.5, 0.6) is 5.88 Å². The first-order valence-corrected chi connectivity index (χ1v) is 5.91. The first kappa shape index (κ1) is 13.7. The number of aromatic nitrogens is 2. The van der Waals surface area contributed by atoms with E-state index in [9.17, 15) is 5.11 Å². The van der Waals surface area contributed by atoms with E-state index in [0.29, 0.717) is 18.4 Å². The standard InChI is InChI=1S/C12H21N3O2/c1-5-17-12-9(4)11(13-7-14-12)15-10(6-16)8(2)3/h7-8,10,16H,5-6H2,1-4H3,(H,13,14,15)/t10-/m1/s1. The molecular formula is C12H21N3O2. The van der Waals surface area contributed by atoms with Crippen molar-refractivity contribution in [3.8, 4) is 5.88 Å². The van der Waals surface area contributed by atoms with E-state index in [1.165, 1.54) is 6.33 Å². The normalized spacial score (nSPS) is 12.6. The molecule has 1 atom stereocenters. The largest absolute Gasteiger partial charge is 0.478 e. The minimum absolute atomic E-state index is 0.0157. The fourth-order valence-electron chi connectivity index (χ4n) is 1.46. The second kappa shape index (κ2) is 6.39. The maximum atomic E-state index is 9.28. The predicted molar refractivity (Wildman–Crippen MR) is 67.3 cm³/mol. The monoisotopic (exact) mass is 239 g/mol. The van der Waals surface area contributed by atoms with Gasteiger partial charge in [0, 0.05) is 0 Å². The molecule has 1 heterocycles. The van der Waals surface area contributed by atoms with Crippen molar-refractivity contribution in [2.45, 2.75) is 33.7 Å². The van der Waals surface area contributed by atoms with Crippen LogP contribution in [0.25, 0.3) is 0 Å². The fourth-order valence-corrected chi connectivity index (χ4v) is 1.46. The average molecular weight is 239 g/mol. The number of aliphatic hydroxyl groups excluding tert-OH is 1. The number of nitrogens with zero attached hydrogens (tertiary/aromatic N) is 2. The number of hydrogen-bond acceptors (Lipinski definition) is 5. The van der Waals surface area contributed by atoms with Crippen molar-refractivity contribution in [3.05, 3.63) is 11.9 Å². The van der Waals surface area contributed by atoms with Gasteiger partial charge in [-0.15, -0.1) is 0 Å². The number of ether oxygens (including phenoxy) is 1. The number of rotatable bonds is 6. The van der Waals surface area contributed by atoms with Gasteiger partial charge in [0.05, 0.1) is 24.8 Å². The predicted octanol–water partition coefficient (Wildman–Crippen LogP) is 1.61. The second-order valence-electron chi connectivity index (χ2n) is 4.26. The molecule has 0 radical (unpaired) electrons. The van der Waals surface area contributed by atoms with Crippen LogP contribution in [0.2, 0.25) is 0 Å². The summed E-state index contributed by atoms with van der Waals surface area (Å²) in [5, 5.41) is 12.5. The Morgan fingerprint density at radius 3 is 2.65 bits per heavy atom. The summed E-state index contributed by atoms with van der Waals surface area (Å²) in [6, 6.07) is -0.0157. The molecule has 17 heavy (non-hydrogen) atoms. The number of nitrogens with one attached hydrogen (secondary N) is 1. The number of aliphatic hydroxyl groups is 1. The minimum Gasteiger partial charge on any atom is -0.478 e. The number of hydrogen-bond donors (Lipinski definition) is 2. The van der Waals surface area contributed by atoms with Crippen LogP contribution >= 0.6 is 0 Å². The van der Waals surface area contributed by atoms with Gasteiger partial charge in [-0.2, -0.15) is 0 Å². The van der Waals surface area contributed by atoms with Crippen LogP contribution in [-0.2, 0) is 0 Å². The van der Waals surface area contributed by atoms with Crippen LogP contribution < -0.4 is 10.1 Å². The lowest BCUT2D eigenvalue weighted by Crippen LogP contribution is -2.30. The van der Waals surface area contributed by atoms with E-state index in [0.717, 1.165) is 11.4 Å². The van der Waals surface area contributed by atoms with Crippen LogP contribution in [0.4, 0.5) is 5.82 Å². The molecule has 0 aromatic carbocycles. The van der Waals surface area contributed by atoms with Gasteiger partial charge in [0.25, 0.3) is 0 Å². The van der Waals surface area contributed by atoms with Gasteiger partial charge >= 0.3 is 0 Å². The van der Waals surface area contributed by atoms with Crippen LogP contribution in [0.1, 0.15) is 26.3 Å². The SMILES string of the molecule is CCOc1ncnc(N[C@H](CO)C(C)C)c1C. The lowest BCUT2D eigenvalue weighted by molar-refractivity contribution is 0.249. The van der Waals surface area contributed by atoms with Gasteiger partial charge in [-0.3, -0.25) is 0 Å². The van der Waals surface area contributed by atoms with Gasteiger partial charge in [0.2, 0.25) is 5.88 Å². The Morgan fingerprint density at radius 1 is 1.41 bits per heavy atom. The molecule has 0 amide bonds. The van der Waals surface area contributed by atoms with Gasteiger partial charge in [0.1, 0.15) is 12.1 Å². The van der Waals surface area contributed by atoms with E-state index < -0.39 is 0 Å². The van der Waals surface area contributed by atoms with Gasteiger partial charge in [0.15, 0.2) is 0 Å². The third kappa shape index (κ3) is 3.56. The van der Waals surface area contributed by atoms with E-state index >= 15 is 0 Å². The van der Waals surface area contributed by atoms with Gasteiger partial charge in [-0.1, -0.05) is 13.8 Å². The molecule has 1 aromatic rings. The highest BCUT2D eigenvalue weighted by Crippen LogP contribution is 2.21. The van der Waals surface area contributed by atoms with Gasteiger partial charge in [-0.25, -0.2) is 9.97 Å².